The lowest BCUT2D eigenvalue weighted by atomic mass is 10.0. The van der Waals surface area contributed by atoms with E-state index in [-0.39, 0.29) is 17.6 Å². The lowest BCUT2D eigenvalue weighted by Gasteiger charge is -2.21. The molecule has 0 saturated carbocycles. The topological polar surface area (TPSA) is 120 Å². The Morgan fingerprint density at radius 1 is 0.935 bits per heavy atom. The zero-order chi connectivity index (χ0) is 22.2. The highest BCUT2D eigenvalue weighted by Gasteiger charge is 2.21. The Morgan fingerprint density at radius 3 is 2.29 bits per heavy atom. The third-order valence-electron chi connectivity index (χ3n) is 4.62. The molecular weight excluding hydrogens is 390 g/mol. The van der Waals surface area contributed by atoms with Crippen molar-refractivity contribution in [2.24, 2.45) is 5.73 Å². The van der Waals surface area contributed by atoms with Crippen LogP contribution in [0.3, 0.4) is 0 Å². The minimum atomic E-state index is -0.694. The van der Waals surface area contributed by atoms with E-state index in [0.29, 0.717) is 29.0 Å². The molecule has 0 unspecified atom stereocenters. The van der Waals surface area contributed by atoms with Gasteiger partial charge in [0.25, 0.3) is 0 Å². The number of benzene rings is 3. The van der Waals surface area contributed by atoms with Gasteiger partial charge in [-0.15, -0.1) is 0 Å². The van der Waals surface area contributed by atoms with Crippen LogP contribution in [0.5, 0.6) is 0 Å². The van der Waals surface area contributed by atoms with Gasteiger partial charge in [0.15, 0.2) is 0 Å². The van der Waals surface area contributed by atoms with Crippen molar-refractivity contribution in [3.05, 3.63) is 95.6 Å². The second-order valence-corrected chi connectivity index (χ2v) is 7.08. The fourth-order valence-electron chi connectivity index (χ4n) is 3.10. The number of hydrogen-bond donors (Lipinski definition) is 5. The first kappa shape index (κ1) is 21.6. The molecule has 0 saturated heterocycles. The van der Waals surface area contributed by atoms with Crippen LogP contribution in [0.4, 0.5) is 11.4 Å². The molecule has 0 aliphatic rings. The summed E-state index contributed by atoms with van der Waals surface area (Å²) in [6, 6.07) is 23.1. The molecule has 0 spiro atoms. The molecule has 0 heterocycles. The third kappa shape index (κ3) is 6.17. The maximum Gasteiger partial charge on any atom is 0.247 e. The minimum absolute atomic E-state index is 0.0216. The molecule has 0 aliphatic carbocycles. The first-order chi connectivity index (χ1) is 14.9. The molecule has 2 amide bonds. The first-order valence-electron chi connectivity index (χ1n) is 9.82. The van der Waals surface area contributed by atoms with Crippen molar-refractivity contribution in [1.29, 1.82) is 5.41 Å². The molecule has 0 aromatic heterocycles. The molecule has 0 aliphatic heterocycles. The Bertz CT molecular complexity index is 1060. The van der Waals surface area contributed by atoms with Gasteiger partial charge in [-0.2, -0.15) is 0 Å². The minimum Gasteiger partial charge on any atom is -0.384 e. The van der Waals surface area contributed by atoms with Gasteiger partial charge in [0.1, 0.15) is 11.9 Å². The van der Waals surface area contributed by atoms with Gasteiger partial charge in [0.05, 0.1) is 0 Å². The zero-order valence-electron chi connectivity index (χ0n) is 17.2. The van der Waals surface area contributed by atoms with E-state index in [9.17, 15) is 9.59 Å². The van der Waals surface area contributed by atoms with Gasteiger partial charge in [0.2, 0.25) is 11.8 Å². The second kappa shape index (κ2) is 10.1. The Balaban J connectivity index is 1.84. The summed E-state index contributed by atoms with van der Waals surface area (Å²) in [5.41, 5.74) is 9.13. The number of nitrogens with two attached hydrogens (primary N) is 1. The number of nitrogen functional groups attached to an aromatic ring is 1. The second-order valence-electron chi connectivity index (χ2n) is 7.08. The smallest absolute Gasteiger partial charge is 0.247 e. The van der Waals surface area contributed by atoms with E-state index in [1.807, 2.05) is 36.4 Å². The fourth-order valence-corrected chi connectivity index (χ4v) is 3.10. The number of amidine groups is 1. The maximum absolute atomic E-state index is 13.1. The van der Waals surface area contributed by atoms with Crippen LogP contribution in [0.25, 0.3) is 0 Å². The van der Waals surface area contributed by atoms with Gasteiger partial charge in [0, 0.05) is 30.4 Å². The van der Waals surface area contributed by atoms with Crippen LogP contribution in [0.2, 0.25) is 0 Å². The van der Waals surface area contributed by atoms with Crippen LogP contribution >= 0.6 is 0 Å². The number of amides is 2. The number of carbonyl (C=O) groups is 2. The quantitative estimate of drug-likeness (QED) is 0.286. The summed E-state index contributed by atoms with van der Waals surface area (Å²) in [7, 11) is 0. The predicted octanol–water partition coefficient (Wildman–Crippen LogP) is 3.40. The van der Waals surface area contributed by atoms with Crippen molar-refractivity contribution in [2.75, 3.05) is 10.6 Å². The van der Waals surface area contributed by atoms with Crippen molar-refractivity contribution in [2.45, 2.75) is 19.5 Å². The molecule has 31 heavy (non-hydrogen) atoms. The monoisotopic (exact) mass is 415 g/mol. The van der Waals surface area contributed by atoms with Crippen LogP contribution in [0.15, 0.2) is 78.9 Å². The summed E-state index contributed by atoms with van der Waals surface area (Å²) in [6.45, 7) is 1.83. The van der Waals surface area contributed by atoms with Crippen LogP contribution in [0, 0.1) is 5.41 Å². The molecule has 7 nitrogen and oxygen atoms in total. The average molecular weight is 415 g/mol. The molecule has 1 atom stereocenters. The molecule has 0 radical (unpaired) electrons. The number of nitrogens with one attached hydrogen (secondary N) is 4. The highest BCUT2D eigenvalue weighted by atomic mass is 16.2. The van der Waals surface area contributed by atoms with E-state index < -0.39 is 6.04 Å². The Morgan fingerprint density at radius 2 is 1.65 bits per heavy atom. The molecule has 158 valence electrons. The number of rotatable bonds is 8. The lowest BCUT2D eigenvalue weighted by Crippen LogP contribution is -2.33. The number of carbonyl (C=O) groups excluding carboxylic acids is 2. The van der Waals surface area contributed by atoms with Gasteiger partial charge in [-0.05, 0) is 47.5 Å². The Kier molecular flexibility index (Phi) is 7.01. The molecule has 3 aromatic carbocycles. The van der Waals surface area contributed by atoms with Crippen molar-refractivity contribution in [1.82, 2.24) is 5.32 Å². The first-order valence-corrected chi connectivity index (χ1v) is 9.82. The van der Waals surface area contributed by atoms with Crippen molar-refractivity contribution < 1.29 is 9.59 Å². The highest BCUT2D eigenvalue weighted by Crippen LogP contribution is 2.23. The lowest BCUT2D eigenvalue weighted by molar-refractivity contribution is -0.122. The zero-order valence-corrected chi connectivity index (χ0v) is 17.2. The van der Waals surface area contributed by atoms with Gasteiger partial charge < -0.3 is 21.7 Å². The predicted molar refractivity (Wildman–Crippen MR) is 123 cm³/mol. The fraction of sp³-hybridized carbons (Fsp3) is 0.125. The van der Waals surface area contributed by atoms with Crippen LogP contribution in [-0.4, -0.2) is 17.6 Å². The largest absolute Gasteiger partial charge is 0.384 e. The summed E-state index contributed by atoms with van der Waals surface area (Å²) < 4.78 is 0. The van der Waals surface area contributed by atoms with Gasteiger partial charge >= 0.3 is 0 Å². The van der Waals surface area contributed by atoms with Gasteiger partial charge in [-0.25, -0.2) is 0 Å². The molecule has 0 bridgehead atoms. The van der Waals surface area contributed by atoms with Crippen molar-refractivity contribution in [3.8, 4) is 0 Å². The van der Waals surface area contributed by atoms with Crippen LogP contribution in [0.1, 0.15) is 29.7 Å². The summed E-state index contributed by atoms with van der Waals surface area (Å²) in [6.07, 6.45) is 0. The molecule has 3 rings (SSSR count). The van der Waals surface area contributed by atoms with E-state index in [2.05, 4.69) is 16.0 Å². The van der Waals surface area contributed by atoms with E-state index in [1.165, 1.54) is 6.92 Å². The number of hydrogen-bond acceptors (Lipinski definition) is 4. The standard InChI is InChI=1S/C24H25N5O2/c1-16(30)28-21-9-5-8-19(14-21)22(24(31)27-15-17-6-3-2-4-7-17)29-20-12-10-18(11-13-20)23(25)26/h2-14,22,29H,15H2,1H3,(H3,25,26)(H,27,31)(H,28,30)/t22-/m0/s1. The van der Waals surface area contributed by atoms with Gasteiger partial charge in [-0.1, -0.05) is 42.5 Å². The highest BCUT2D eigenvalue weighted by molar-refractivity contribution is 5.95. The average Bonchev–Trinajstić information content (AvgIpc) is 2.76. The van der Waals surface area contributed by atoms with Crippen LogP contribution in [-0.2, 0) is 16.1 Å². The normalized spacial score (nSPS) is 11.3. The SMILES string of the molecule is CC(=O)Nc1cccc([C@H](Nc2ccc(C(=N)N)cc2)C(=O)NCc2ccccc2)c1. The third-order valence-corrected chi connectivity index (χ3v) is 4.62. The molecular formula is C24H25N5O2. The van der Waals surface area contributed by atoms with Crippen molar-refractivity contribution >= 4 is 29.0 Å². The summed E-state index contributed by atoms with van der Waals surface area (Å²) in [5.74, 6) is -0.416. The Hall–Kier alpha value is -4.13. The number of anilines is 2. The van der Waals surface area contributed by atoms with Gasteiger partial charge in [-0.3, -0.25) is 15.0 Å². The summed E-state index contributed by atoms with van der Waals surface area (Å²) in [4.78, 5) is 24.5. The van der Waals surface area contributed by atoms with E-state index in [4.69, 9.17) is 11.1 Å². The summed E-state index contributed by atoms with van der Waals surface area (Å²) in [5, 5.41) is 16.5. The molecule has 6 N–H and O–H groups in total. The maximum atomic E-state index is 13.1. The van der Waals surface area contributed by atoms with E-state index in [1.54, 1.807) is 42.5 Å². The Labute approximate surface area is 181 Å². The molecule has 3 aromatic rings. The molecule has 0 fully saturated rings. The summed E-state index contributed by atoms with van der Waals surface area (Å²) >= 11 is 0. The molecule has 7 heteroatoms. The van der Waals surface area contributed by atoms with Crippen LogP contribution < -0.4 is 21.7 Å². The van der Waals surface area contributed by atoms with E-state index >= 15 is 0 Å². The van der Waals surface area contributed by atoms with E-state index in [0.717, 1.165) is 5.56 Å². The van der Waals surface area contributed by atoms with Crippen molar-refractivity contribution in [3.63, 3.8) is 0 Å².